The van der Waals surface area contributed by atoms with Gasteiger partial charge in [0.1, 0.15) is 0 Å². The molecule has 1 aliphatic rings. The second kappa shape index (κ2) is 10.7. The molecule has 1 aliphatic heterocycles. The van der Waals surface area contributed by atoms with Crippen molar-refractivity contribution in [2.75, 3.05) is 44.6 Å². The average molecular weight is 396 g/mol. The van der Waals surface area contributed by atoms with Gasteiger partial charge in [-0.25, -0.2) is 4.79 Å². The second-order valence-electron chi connectivity index (χ2n) is 7.21. The topological polar surface area (TPSA) is 61.9 Å². The molecule has 29 heavy (non-hydrogen) atoms. The van der Waals surface area contributed by atoms with E-state index in [1.165, 1.54) is 5.56 Å². The molecule has 0 aliphatic carbocycles. The monoisotopic (exact) mass is 395 g/mol. The Bertz CT molecular complexity index is 810. The number of hydrogen-bond donors (Lipinski definition) is 1. The molecule has 6 heteroatoms. The predicted octanol–water partition coefficient (Wildman–Crippen LogP) is 3.01. The van der Waals surface area contributed by atoms with Gasteiger partial charge < -0.3 is 10.1 Å². The molecule has 6 nitrogen and oxygen atoms in total. The molecule has 0 radical (unpaired) electrons. The highest BCUT2D eigenvalue weighted by molar-refractivity contribution is 6.01. The van der Waals surface area contributed by atoms with Crippen molar-refractivity contribution in [2.24, 2.45) is 0 Å². The van der Waals surface area contributed by atoms with Crippen LogP contribution in [-0.4, -0.2) is 61.0 Å². The lowest BCUT2D eigenvalue weighted by molar-refractivity contribution is -0.117. The second-order valence-corrected chi connectivity index (χ2v) is 7.21. The molecule has 1 fully saturated rings. The number of amides is 1. The molecule has 1 N–H and O–H groups in total. The molecular weight excluding hydrogens is 366 g/mol. The van der Waals surface area contributed by atoms with Gasteiger partial charge in [-0.05, 0) is 44.1 Å². The number of rotatable bonds is 7. The molecule has 2 aromatic carbocycles. The molecule has 3 rings (SSSR count). The number of nitrogens with one attached hydrogen (secondary N) is 1. The average Bonchev–Trinajstić information content (AvgIpc) is 2.94. The summed E-state index contributed by atoms with van der Waals surface area (Å²) in [6.45, 7) is 7.01. The van der Waals surface area contributed by atoms with E-state index >= 15 is 0 Å². The lowest BCUT2D eigenvalue weighted by Gasteiger charge is -2.21. The van der Waals surface area contributed by atoms with Gasteiger partial charge >= 0.3 is 5.97 Å². The van der Waals surface area contributed by atoms with E-state index in [-0.39, 0.29) is 5.91 Å². The van der Waals surface area contributed by atoms with Crippen LogP contribution in [0.15, 0.2) is 54.6 Å². The summed E-state index contributed by atoms with van der Waals surface area (Å²) in [5, 5.41) is 2.87. The van der Waals surface area contributed by atoms with Crippen LogP contribution in [-0.2, 0) is 16.1 Å². The van der Waals surface area contributed by atoms with Crippen LogP contribution >= 0.6 is 0 Å². The van der Waals surface area contributed by atoms with Crippen LogP contribution in [0.25, 0.3) is 0 Å². The van der Waals surface area contributed by atoms with Gasteiger partial charge in [-0.2, -0.15) is 0 Å². The SMILES string of the molecule is CCOC(=O)c1ccccc1NC(=O)CN1CCCN(Cc2ccccc2)CC1. The fraction of sp³-hybridized carbons (Fsp3) is 0.391. The van der Waals surface area contributed by atoms with Crippen LogP contribution < -0.4 is 5.32 Å². The van der Waals surface area contributed by atoms with Gasteiger partial charge in [0, 0.05) is 19.6 Å². The molecule has 0 aromatic heterocycles. The van der Waals surface area contributed by atoms with Gasteiger partial charge in [0.2, 0.25) is 5.91 Å². The van der Waals surface area contributed by atoms with E-state index in [4.69, 9.17) is 4.74 Å². The molecule has 1 amide bonds. The zero-order valence-corrected chi connectivity index (χ0v) is 17.0. The van der Waals surface area contributed by atoms with Gasteiger partial charge in [0.05, 0.1) is 24.4 Å². The van der Waals surface area contributed by atoms with Gasteiger partial charge in [0.15, 0.2) is 0 Å². The number of ether oxygens (including phenoxy) is 1. The highest BCUT2D eigenvalue weighted by atomic mass is 16.5. The number of anilines is 1. The van der Waals surface area contributed by atoms with Crippen LogP contribution in [0.1, 0.15) is 29.3 Å². The molecule has 2 aromatic rings. The van der Waals surface area contributed by atoms with E-state index in [0.717, 1.165) is 39.1 Å². The number of nitrogens with zero attached hydrogens (tertiary/aromatic N) is 2. The summed E-state index contributed by atoms with van der Waals surface area (Å²) >= 11 is 0. The van der Waals surface area contributed by atoms with E-state index in [9.17, 15) is 9.59 Å². The van der Waals surface area contributed by atoms with Crippen molar-refractivity contribution < 1.29 is 14.3 Å². The summed E-state index contributed by atoms with van der Waals surface area (Å²) in [5.41, 5.74) is 2.19. The van der Waals surface area contributed by atoms with Crippen molar-refractivity contribution in [1.29, 1.82) is 0 Å². The molecule has 0 unspecified atom stereocenters. The van der Waals surface area contributed by atoms with Crippen molar-refractivity contribution in [3.8, 4) is 0 Å². The summed E-state index contributed by atoms with van der Waals surface area (Å²) in [6.07, 6.45) is 1.03. The summed E-state index contributed by atoms with van der Waals surface area (Å²) in [4.78, 5) is 29.3. The van der Waals surface area contributed by atoms with E-state index in [2.05, 4.69) is 39.4 Å². The fourth-order valence-electron chi connectivity index (χ4n) is 3.55. The Morgan fingerprint density at radius 2 is 1.62 bits per heavy atom. The largest absolute Gasteiger partial charge is 0.462 e. The summed E-state index contributed by atoms with van der Waals surface area (Å²) < 4.78 is 5.07. The lowest BCUT2D eigenvalue weighted by atomic mass is 10.2. The van der Waals surface area contributed by atoms with Crippen LogP contribution in [0.3, 0.4) is 0 Å². The maximum atomic E-state index is 12.6. The standard InChI is InChI=1S/C23H29N3O3/c1-2-29-23(28)20-11-6-7-12-21(20)24-22(27)18-26-14-8-13-25(15-16-26)17-19-9-4-3-5-10-19/h3-7,9-12H,2,8,13-18H2,1H3,(H,24,27). The van der Waals surface area contributed by atoms with E-state index in [1.807, 2.05) is 6.07 Å². The first-order valence-electron chi connectivity index (χ1n) is 10.2. The smallest absolute Gasteiger partial charge is 0.340 e. The quantitative estimate of drug-likeness (QED) is 0.731. The maximum Gasteiger partial charge on any atom is 0.340 e. The molecule has 1 saturated heterocycles. The number of para-hydroxylation sites is 1. The molecular formula is C23H29N3O3. The Labute approximate surface area is 172 Å². The van der Waals surface area contributed by atoms with Crippen molar-refractivity contribution in [3.05, 3.63) is 65.7 Å². The Hall–Kier alpha value is -2.70. The third kappa shape index (κ3) is 6.41. The minimum absolute atomic E-state index is 0.113. The molecule has 0 bridgehead atoms. The molecule has 1 heterocycles. The maximum absolute atomic E-state index is 12.6. The minimum atomic E-state index is -0.422. The normalized spacial score (nSPS) is 15.5. The van der Waals surface area contributed by atoms with Gasteiger partial charge in [0.25, 0.3) is 0 Å². The van der Waals surface area contributed by atoms with Crippen LogP contribution in [0.4, 0.5) is 5.69 Å². The Balaban J connectivity index is 1.52. The number of hydrogen-bond acceptors (Lipinski definition) is 5. The minimum Gasteiger partial charge on any atom is -0.462 e. The first kappa shape index (κ1) is 21.0. The number of benzene rings is 2. The Morgan fingerprint density at radius 3 is 2.41 bits per heavy atom. The van der Waals surface area contributed by atoms with Crippen LogP contribution in [0.2, 0.25) is 0 Å². The van der Waals surface area contributed by atoms with Crippen molar-refractivity contribution in [1.82, 2.24) is 9.80 Å². The number of carbonyl (C=O) groups is 2. The van der Waals surface area contributed by atoms with Gasteiger partial charge in [-0.1, -0.05) is 42.5 Å². The third-order valence-electron chi connectivity index (χ3n) is 4.99. The Morgan fingerprint density at radius 1 is 0.931 bits per heavy atom. The van der Waals surface area contributed by atoms with Gasteiger partial charge in [-0.15, -0.1) is 0 Å². The van der Waals surface area contributed by atoms with E-state index < -0.39 is 5.97 Å². The fourth-order valence-corrected chi connectivity index (χ4v) is 3.55. The molecule has 0 atom stereocenters. The predicted molar refractivity (Wildman–Crippen MR) is 114 cm³/mol. The van der Waals surface area contributed by atoms with E-state index in [1.54, 1.807) is 31.2 Å². The summed E-state index contributed by atoms with van der Waals surface area (Å²) in [7, 11) is 0. The van der Waals surface area contributed by atoms with E-state index in [0.29, 0.717) is 24.4 Å². The first-order valence-corrected chi connectivity index (χ1v) is 10.2. The van der Waals surface area contributed by atoms with Crippen molar-refractivity contribution in [3.63, 3.8) is 0 Å². The van der Waals surface area contributed by atoms with Crippen molar-refractivity contribution >= 4 is 17.6 Å². The molecule has 154 valence electrons. The zero-order valence-electron chi connectivity index (χ0n) is 17.0. The first-order chi connectivity index (χ1) is 14.2. The lowest BCUT2D eigenvalue weighted by Crippen LogP contribution is -2.36. The van der Waals surface area contributed by atoms with Crippen LogP contribution in [0, 0.1) is 0 Å². The van der Waals surface area contributed by atoms with Gasteiger partial charge in [-0.3, -0.25) is 14.6 Å². The molecule has 0 saturated carbocycles. The Kier molecular flexibility index (Phi) is 7.78. The zero-order chi connectivity index (χ0) is 20.5. The highest BCUT2D eigenvalue weighted by Crippen LogP contribution is 2.16. The summed E-state index contributed by atoms with van der Waals surface area (Å²) in [5.74, 6) is -0.534. The number of esters is 1. The summed E-state index contributed by atoms with van der Waals surface area (Å²) in [6, 6.07) is 17.4. The highest BCUT2D eigenvalue weighted by Gasteiger charge is 2.19. The van der Waals surface area contributed by atoms with Crippen LogP contribution in [0.5, 0.6) is 0 Å². The number of carbonyl (C=O) groups excluding carboxylic acids is 2. The van der Waals surface area contributed by atoms with Crippen molar-refractivity contribution in [2.45, 2.75) is 19.9 Å². The third-order valence-corrected chi connectivity index (χ3v) is 4.99. The molecule has 0 spiro atoms.